The molecule has 0 aromatic heterocycles. The van der Waals surface area contributed by atoms with Crippen LogP contribution in [0.1, 0.15) is 44.7 Å². The minimum absolute atomic E-state index is 0.290. The summed E-state index contributed by atoms with van der Waals surface area (Å²) in [6, 6.07) is 8.75. The summed E-state index contributed by atoms with van der Waals surface area (Å²) < 4.78 is 0. The SMILES string of the molecule is CCC1(CC)Cc2ccccc2C(C)=[NH+]1. The second kappa shape index (κ2) is 3.80. The molecule has 1 heteroatoms. The van der Waals surface area contributed by atoms with Crippen LogP contribution < -0.4 is 4.99 Å². The average Bonchev–Trinajstić information content (AvgIpc) is 2.29. The summed E-state index contributed by atoms with van der Waals surface area (Å²) in [5.41, 5.74) is 4.52. The van der Waals surface area contributed by atoms with Crippen LogP contribution >= 0.6 is 0 Å². The molecule has 1 aromatic rings. The molecule has 0 spiro atoms. The van der Waals surface area contributed by atoms with Gasteiger partial charge in [-0.2, -0.15) is 0 Å². The Morgan fingerprint density at radius 1 is 1.20 bits per heavy atom. The van der Waals surface area contributed by atoms with Gasteiger partial charge in [0, 0.05) is 31.7 Å². The van der Waals surface area contributed by atoms with E-state index in [0.29, 0.717) is 5.54 Å². The van der Waals surface area contributed by atoms with Crippen LogP contribution in [0.4, 0.5) is 0 Å². The standard InChI is InChI=1S/C14H19N/c1-4-14(5-2)10-12-8-6-7-9-13(12)11(3)15-14/h6-9H,4-5,10H2,1-3H3/p+1. The van der Waals surface area contributed by atoms with Crippen molar-refractivity contribution in [3.8, 4) is 0 Å². The normalized spacial score (nSPS) is 18.2. The molecule has 0 saturated carbocycles. The molecule has 1 nitrogen and oxygen atoms in total. The molecule has 0 radical (unpaired) electrons. The lowest BCUT2D eigenvalue weighted by Gasteiger charge is -2.27. The molecule has 0 aliphatic carbocycles. The van der Waals surface area contributed by atoms with Crippen molar-refractivity contribution in [3.63, 3.8) is 0 Å². The number of hydrogen-bond donors (Lipinski definition) is 1. The van der Waals surface area contributed by atoms with E-state index in [2.05, 4.69) is 50.0 Å². The maximum Gasteiger partial charge on any atom is 0.179 e. The second-order valence-corrected chi connectivity index (χ2v) is 4.57. The Morgan fingerprint density at radius 2 is 1.87 bits per heavy atom. The van der Waals surface area contributed by atoms with Crippen LogP contribution in [0, 0.1) is 0 Å². The zero-order chi connectivity index (χ0) is 10.9. The molecular weight excluding hydrogens is 182 g/mol. The largest absolute Gasteiger partial charge is 0.240 e. The Morgan fingerprint density at radius 3 is 2.53 bits per heavy atom. The van der Waals surface area contributed by atoms with Crippen LogP contribution in [-0.2, 0) is 6.42 Å². The molecule has 80 valence electrons. The molecule has 1 aliphatic rings. The van der Waals surface area contributed by atoms with Crippen molar-refractivity contribution in [1.29, 1.82) is 0 Å². The van der Waals surface area contributed by atoms with E-state index in [9.17, 15) is 0 Å². The molecule has 0 saturated heterocycles. The van der Waals surface area contributed by atoms with Gasteiger partial charge in [-0.25, -0.2) is 4.99 Å². The fourth-order valence-electron chi connectivity index (χ4n) is 2.59. The molecule has 1 aliphatic heterocycles. The highest BCUT2D eigenvalue weighted by molar-refractivity contribution is 5.96. The van der Waals surface area contributed by atoms with Gasteiger partial charge in [0.1, 0.15) is 0 Å². The van der Waals surface area contributed by atoms with Crippen LogP contribution in [0.5, 0.6) is 0 Å². The predicted octanol–water partition coefficient (Wildman–Crippen LogP) is 1.69. The Bertz CT molecular complexity index is 386. The fourth-order valence-corrected chi connectivity index (χ4v) is 2.59. The summed E-state index contributed by atoms with van der Waals surface area (Å²) in [5.74, 6) is 0. The molecule has 0 fully saturated rings. The highest BCUT2D eigenvalue weighted by Crippen LogP contribution is 2.22. The third-order valence-electron chi connectivity index (χ3n) is 3.76. The van der Waals surface area contributed by atoms with Gasteiger partial charge < -0.3 is 0 Å². The molecule has 2 rings (SSSR count). The minimum Gasteiger partial charge on any atom is -0.240 e. The fraction of sp³-hybridized carbons (Fsp3) is 0.500. The van der Waals surface area contributed by atoms with Crippen LogP contribution in [0.3, 0.4) is 0 Å². The Kier molecular flexibility index (Phi) is 2.64. The monoisotopic (exact) mass is 202 g/mol. The third-order valence-corrected chi connectivity index (χ3v) is 3.76. The lowest BCUT2D eigenvalue weighted by Crippen LogP contribution is -2.89. The van der Waals surface area contributed by atoms with E-state index in [-0.39, 0.29) is 0 Å². The van der Waals surface area contributed by atoms with E-state index < -0.39 is 0 Å². The van der Waals surface area contributed by atoms with Gasteiger partial charge in [0.05, 0.1) is 0 Å². The topological polar surface area (TPSA) is 14.0 Å². The molecule has 1 heterocycles. The van der Waals surface area contributed by atoms with Gasteiger partial charge >= 0.3 is 0 Å². The van der Waals surface area contributed by atoms with Crippen molar-refractivity contribution in [3.05, 3.63) is 35.4 Å². The highest BCUT2D eigenvalue weighted by Gasteiger charge is 2.36. The summed E-state index contributed by atoms with van der Waals surface area (Å²) in [6.07, 6.45) is 3.54. The first kappa shape index (κ1) is 10.4. The third kappa shape index (κ3) is 1.71. The molecule has 0 bridgehead atoms. The summed E-state index contributed by atoms with van der Waals surface area (Å²) in [4.78, 5) is 3.70. The maximum atomic E-state index is 3.70. The summed E-state index contributed by atoms with van der Waals surface area (Å²) in [7, 11) is 0. The number of fused-ring (bicyclic) bond motifs is 1. The van der Waals surface area contributed by atoms with E-state index in [1.54, 1.807) is 0 Å². The number of nitrogens with one attached hydrogen (secondary N) is 1. The predicted molar refractivity (Wildman–Crippen MR) is 64.2 cm³/mol. The summed E-state index contributed by atoms with van der Waals surface area (Å²) in [6.45, 7) is 6.74. The zero-order valence-corrected chi connectivity index (χ0v) is 9.93. The van der Waals surface area contributed by atoms with Gasteiger partial charge in [0.15, 0.2) is 11.3 Å². The lowest BCUT2D eigenvalue weighted by atomic mass is 9.81. The molecule has 15 heavy (non-hydrogen) atoms. The van der Waals surface area contributed by atoms with Crippen LogP contribution in [0.2, 0.25) is 0 Å². The van der Waals surface area contributed by atoms with Crippen molar-refractivity contribution >= 4 is 5.71 Å². The van der Waals surface area contributed by atoms with Crippen molar-refractivity contribution in [2.45, 2.75) is 45.6 Å². The Hall–Kier alpha value is -1.11. The molecule has 1 N–H and O–H groups in total. The van der Waals surface area contributed by atoms with Crippen LogP contribution in [0.15, 0.2) is 24.3 Å². The van der Waals surface area contributed by atoms with E-state index in [1.165, 1.54) is 29.7 Å². The molecule has 0 unspecified atom stereocenters. The van der Waals surface area contributed by atoms with Gasteiger partial charge in [0.2, 0.25) is 0 Å². The number of benzene rings is 1. The smallest absolute Gasteiger partial charge is 0.179 e. The summed E-state index contributed by atoms with van der Waals surface area (Å²) >= 11 is 0. The molecular formula is C14H20N+. The van der Waals surface area contributed by atoms with Gasteiger partial charge in [-0.3, -0.25) is 0 Å². The van der Waals surface area contributed by atoms with Crippen molar-refractivity contribution < 1.29 is 4.99 Å². The van der Waals surface area contributed by atoms with Gasteiger partial charge in [-0.15, -0.1) is 0 Å². The first-order valence-electron chi connectivity index (χ1n) is 5.91. The van der Waals surface area contributed by atoms with Crippen molar-refractivity contribution in [2.75, 3.05) is 0 Å². The van der Waals surface area contributed by atoms with Crippen molar-refractivity contribution in [2.24, 2.45) is 0 Å². The van der Waals surface area contributed by atoms with E-state index in [0.717, 1.165) is 6.42 Å². The van der Waals surface area contributed by atoms with E-state index in [1.807, 2.05) is 0 Å². The quantitative estimate of drug-likeness (QED) is 0.750. The first-order valence-corrected chi connectivity index (χ1v) is 5.91. The zero-order valence-electron chi connectivity index (χ0n) is 9.93. The maximum absolute atomic E-state index is 3.70. The minimum atomic E-state index is 0.290. The Balaban J connectivity index is 2.48. The van der Waals surface area contributed by atoms with Gasteiger partial charge in [-0.1, -0.05) is 32.0 Å². The van der Waals surface area contributed by atoms with Crippen LogP contribution in [0.25, 0.3) is 0 Å². The molecule has 1 aromatic carbocycles. The van der Waals surface area contributed by atoms with E-state index in [4.69, 9.17) is 0 Å². The molecule has 0 amide bonds. The van der Waals surface area contributed by atoms with Crippen LogP contribution in [-0.4, -0.2) is 11.3 Å². The van der Waals surface area contributed by atoms with E-state index >= 15 is 0 Å². The van der Waals surface area contributed by atoms with Gasteiger partial charge in [0.25, 0.3) is 0 Å². The lowest BCUT2D eigenvalue weighted by molar-refractivity contribution is -0.557. The second-order valence-electron chi connectivity index (χ2n) is 4.57. The number of rotatable bonds is 2. The first-order chi connectivity index (χ1) is 7.21. The van der Waals surface area contributed by atoms with Gasteiger partial charge in [-0.05, 0) is 11.6 Å². The summed E-state index contributed by atoms with van der Waals surface area (Å²) in [5, 5.41) is 0. The Labute approximate surface area is 92.2 Å². The number of hydrogen-bond acceptors (Lipinski definition) is 0. The average molecular weight is 202 g/mol. The van der Waals surface area contributed by atoms with Crippen molar-refractivity contribution in [1.82, 2.24) is 0 Å². The highest BCUT2D eigenvalue weighted by atomic mass is 14.9. The molecule has 0 atom stereocenters.